The molecule has 0 spiro atoms. The first-order valence-electron chi connectivity index (χ1n) is 8.81. The van der Waals surface area contributed by atoms with Crippen molar-refractivity contribution in [2.24, 2.45) is 5.73 Å². The lowest BCUT2D eigenvalue weighted by Gasteiger charge is -2.15. The van der Waals surface area contributed by atoms with Gasteiger partial charge in [0.05, 0.1) is 19.4 Å². The molecular weight excluding hydrogens is 348 g/mol. The fraction of sp³-hybridized carbons (Fsp3) is 0.412. The molecule has 0 saturated heterocycles. The van der Waals surface area contributed by atoms with Crippen LogP contribution in [0.25, 0.3) is 5.69 Å². The summed E-state index contributed by atoms with van der Waals surface area (Å²) in [7, 11) is 1.60. The van der Waals surface area contributed by atoms with Crippen molar-refractivity contribution in [2.45, 2.75) is 38.1 Å². The first-order valence-corrected chi connectivity index (χ1v) is 8.81. The van der Waals surface area contributed by atoms with E-state index in [0.717, 1.165) is 37.3 Å². The van der Waals surface area contributed by atoms with Crippen molar-refractivity contribution in [1.29, 1.82) is 0 Å². The number of ether oxygens (including phenoxy) is 1. The number of aromatic nitrogens is 7. The minimum Gasteiger partial charge on any atom is -0.494 e. The maximum absolute atomic E-state index is 11.4. The van der Waals surface area contributed by atoms with Crippen molar-refractivity contribution >= 4 is 5.91 Å². The number of carbonyl (C=O) groups excluding carboxylic acids is 1. The van der Waals surface area contributed by atoms with E-state index in [4.69, 9.17) is 10.5 Å². The molecule has 0 bridgehead atoms. The average Bonchev–Trinajstić information content (AvgIpc) is 3.24. The molecule has 1 aliphatic rings. The molecule has 27 heavy (non-hydrogen) atoms. The Balaban J connectivity index is 1.87. The average molecular weight is 368 g/mol. The molecule has 3 aromatic rings. The summed E-state index contributed by atoms with van der Waals surface area (Å²) in [6.07, 6.45) is 2.79. The Bertz CT molecular complexity index is 964. The quantitative estimate of drug-likeness (QED) is 0.699. The number of hydrogen-bond acceptors (Lipinski definition) is 7. The van der Waals surface area contributed by atoms with Gasteiger partial charge in [-0.15, -0.1) is 5.10 Å². The van der Waals surface area contributed by atoms with Crippen molar-refractivity contribution in [2.75, 3.05) is 7.11 Å². The number of tetrazole rings is 1. The van der Waals surface area contributed by atoms with Crippen LogP contribution in [0.5, 0.6) is 5.75 Å². The van der Waals surface area contributed by atoms with Gasteiger partial charge in [0.1, 0.15) is 17.3 Å². The van der Waals surface area contributed by atoms with Crippen LogP contribution in [-0.2, 0) is 17.8 Å². The zero-order valence-corrected chi connectivity index (χ0v) is 14.9. The second kappa shape index (κ2) is 7.14. The summed E-state index contributed by atoms with van der Waals surface area (Å²) >= 11 is 0. The van der Waals surface area contributed by atoms with Crippen LogP contribution in [0.2, 0.25) is 0 Å². The van der Waals surface area contributed by atoms with E-state index in [1.165, 1.54) is 0 Å². The fourth-order valence-electron chi connectivity index (χ4n) is 3.41. The Kier molecular flexibility index (Phi) is 4.53. The minimum absolute atomic E-state index is 0.0349. The van der Waals surface area contributed by atoms with Crippen LogP contribution in [0.4, 0.5) is 0 Å². The molecule has 1 atom stereocenters. The maximum Gasteiger partial charge on any atom is 0.225 e. The van der Waals surface area contributed by atoms with Gasteiger partial charge in [0.2, 0.25) is 5.91 Å². The van der Waals surface area contributed by atoms with Crippen LogP contribution in [0.3, 0.4) is 0 Å². The third kappa shape index (κ3) is 3.25. The standard InChI is InChI=1S/C17H20N8O2/c1-27-13-8-3-2-7-12(13)25-16(19-15(21-25)10-14(18)26)11-6-4-5-9-24-17(11)20-22-23-24/h2-3,7-8,11H,4-6,9-10H2,1H3,(H2,18,26)/t11-/m1/s1. The minimum atomic E-state index is -0.482. The molecule has 140 valence electrons. The van der Waals surface area contributed by atoms with Gasteiger partial charge in [0, 0.05) is 6.54 Å². The summed E-state index contributed by atoms with van der Waals surface area (Å²) in [5.74, 6) is 1.83. The van der Waals surface area contributed by atoms with E-state index >= 15 is 0 Å². The maximum atomic E-state index is 11.4. The second-order valence-electron chi connectivity index (χ2n) is 6.42. The van der Waals surface area contributed by atoms with Gasteiger partial charge in [-0.3, -0.25) is 4.79 Å². The zero-order valence-electron chi connectivity index (χ0n) is 14.9. The smallest absolute Gasteiger partial charge is 0.225 e. The molecule has 2 aromatic heterocycles. The number of benzene rings is 1. The van der Waals surface area contributed by atoms with Crippen molar-refractivity contribution < 1.29 is 9.53 Å². The molecule has 1 aromatic carbocycles. The molecule has 2 N–H and O–H groups in total. The van der Waals surface area contributed by atoms with E-state index in [1.54, 1.807) is 11.8 Å². The Labute approximate surface area is 155 Å². The lowest BCUT2D eigenvalue weighted by molar-refractivity contribution is -0.117. The fourth-order valence-corrected chi connectivity index (χ4v) is 3.41. The van der Waals surface area contributed by atoms with Gasteiger partial charge in [-0.05, 0) is 35.4 Å². The van der Waals surface area contributed by atoms with Gasteiger partial charge in [-0.2, -0.15) is 5.10 Å². The Hall–Kier alpha value is -3.30. The number of fused-ring (bicyclic) bond motifs is 1. The van der Waals surface area contributed by atoms with E-state index in [0.29, 0.717) is 17.4 Å². The number of hydrogen-bond donors (Lipinski definition) is 1. The molecule has 1 amide bonds. The van der Waals surface area contributed by atoms with E-state index in [-0.39, 0.29) is 12.3 Å². The largest absolute Gasteiger partial charge is 0.494 e. The van der Waals surface area contributed by atoms with Crippen LogP contribution in [0, 0.1) is 0 Å². The van der Waals surface area contributed by atoms with Gasteiger partial charge >= 0.3 is 0 Å². The lowest BCUT2D eigenvalue weighted by Crippen LogP contribution is -2.14. The highest BCUT2D eigenvalue weighted by atomic mass is 16.5. The number of methoxy groups -OCH3 is 1. The molecule has 1 aliphatic heterocycles. The van der Waals surface area contributed by atoms with Crippen LogP contribution in [-0.4, -0.2) is 48.0 Å². The summed E-state index contributed by atoms with van der Waals surface area (Å²) in [5.41, 5.74) is 6.09. The number of amides is 1. The predicted molar refractivity (Wildman–Crippen MR) is 94.3 cm³/mol. The number of aryl methyl sites for hydroxylation is 1. The summed E-state index contributed by atoms with van der Waals surface area (Å²) in [6.45, 7) is 0.774. The number of carbonyl (C=O) groups is 1. The van der Waals surface area contributed by atoms with Crippen molar-refractivity contribution in [1.82, 2.24) is 35.0 Å². The molecule has 0 aliphatic carbocycles. The normalized spacial score (nSPS) is 16.6. The second-order valence-corrected chi connectivity index (χ2v) is 6.42. The Morgan fingerprint density at radius 3 is 2.96 bits per heavy atom. The van der Waals surface area contributed by atoms with E-state index in [9.17, 15) is 4.79 Å². The molecule has 10 nitrogen and oxygen atoms in total. The number of primary amides is 1. The van der Waals surface area contributed by atoms with Gasteiger partial charge in [-0.1, -0.05) is 18.6 Å². The summed E-state index contributed by atoms with van der Waals surface area (Å²) in [4.78, 5) is 16.0. The molecule has 0 saturated carbocycles. The predicted octanol–water partition coefficient (Wildman–Crippen LogP) is 0.606. The third-order valence-electron chi connectivity index (χ3n) is 4.62. The molecule has 4 rings (SSSR count). The van der Waals surface area contributed by atoms with Crippen LogP contribution < -0.4 is 10.5 Å². The summed E-state index contributed by atoms with van der Waals surface area (Å²) < 4.78 is 9.01. The topological polar surface area (TPSA) is 127 Å². The van der Waals surface area contributed by atoms with E-state index in [2.05, 4.69) is 25.6 Å². The highest BCUT2D eigenvalue weighted by Crippen LogP contribution is 2.33. The molecule has 0 radical (unpaired) electrons. The van der Waals surface area contributed by atoms with Gasteiger partial charge in [0.25, 0.3) is 0 Å². The molecule has 0 fully saturated rings. The monoisotopic (exact) mass is 368 g/mol. The zero-order chi connectivity index (χ0) is 18.8. The first-order chi connectivity index (χ1) is 13.2. The van der Waals surface area contributed by atoms with Crippen LogP contribution in [0.1, 0.15) is 42.7 Å². The third-order valence-corrected chi connectivity index (χ3v) is 4.62. The Morgan fingerprint density at radius 2 is 2.15 bits per heavy atom. The van der Waals surface area contributed by atoms with Crippen LogP contribution >= 0.6 is 0 Å². The number of para-hydroxylation sites is 2. The van der Waals surface area contributed by atoms with Crippen molar-refractivity contribution in [3.63, 3.8) is 0 Å². The van der Waals surface area contributed by atoms with Crippen molar-refractivity contribution in [3.8, 4) is 11.4 Å². The Morgan fingerprint density at radius 1 is 1.30 bits per heavy atom. The highest BCUT2D eigenvalue weighted by molar-refractivity contribution is 5.75. The first kappa shape index (κ1) is 17.1. The molecular formula is C17H20N8O2. The SMILES string of the molecule is COc1ccccc1-n1nc(CC(N)=O)nc1[C@H]1CCCCn2nnnc21. The van der Waals surface area contributed by atoms with Crippen molar-refractivity contribution in [3.05, 3.63) is 41.7 Å². The molecule has 3 heterocycles. The summed E-state index contributed by atoms with van der Waals surface area (Å²) in [5, 5.41) is 16.7. The summed E-state index contributed by atoms with van der Waals surface area (Å²) in [6, 6.07) is 7.53. The lowest BCUT2D eigenvalue weighted by atomic mass is 10.0. The van der Waals surface area contributed by atoms with E-state index in [1.807, 2.05) is 28.9 Å². The van der Waals surface area contributed by atoms with Crippen LogP contribution in [0.15, 0.2) is 24.3 Å². The van der Waals surface area contributed by atoms with Gasteiger partial charge < -0.3 is 10.5 Å². The number of nitrogens with zero attached hydrogens (tertiary/aromatic N) is 7. The van der Waals surface area contributed by atoms with Gasteiger partial charge in [-0.25, -0.2) is 14.3 Å². The highest BCUT2D eigenvalue weighted by Gasteiger charge is 2.30. The number of rotatable bonds is 5. The van der Waals surface area contributed by atoms with E-state index < -0.39 is 5.91 Å². The number of nitrogens with two attached hydrogens (primary N) is 1. The molecule has 10 heteroatoms. The van der Waals surface area contributed by atoms with Gasteiger partial charge in [0.15, 0.2) is 11.6 Å². The molecule has 0 unspecified atom stereocenters.